The minimum Gasteiger partial charge on any atom is -0.383 e. The summed E-state index contributed by atoms with van der Waals surface area (Å²) in [4.78, 5) is 38.0. The van der Waals surface area contributed by atoms with E-state index in [-0.39, 0.29) is 23.5 Å². The highest BCUT2D eigenvalue weighted by molar-refractivity contribution is 5.81. The molecule has 0 aliphatic rings. The number of aromatic nitrogens is 2. The summed E-state index contributed by atoms with van der Waals surface area (Å²) in [7, 11) is 1.52. The zero-order valence-electron chi connectivity index (χ0n) is 14.6. The van der Waals surface area contributed by atoms with E-state index in [4.69, 9.17) is 4.74 Å². The van der Waals surface area contributed by atoms with Gasteiger partial charge in [0.05, 0.1) is 23.2 Å². The molecule has 140 valence electrons. The third-order valence-corrected chi connectivity index (χ3v) is 4.07. The number of hydrogen-bond donors (Lipinski definition) is 1. The summed E-state index contributed by atoms with van der Waals surface area (Å²) in [5, 5.41) is 2.93. The van der Waals surface area contributed by atoms with Gasteiger partial charge in [0, 0.05) is 13.7 Å². The number of rotatable bonds is 6. The summed E-state index contributed by atoms with van der Waals surface area (Å²) < 4.78 is 20.3. The molecule has 0 spiro atoms. The van der Waals surface area contributed by atoms with Crippen molar-refractivity contribution < 1.29 is 13.9 Å². The van der Waals surface area contributed by atoms with Crippen molar-refractivity contribution in [1.29, 1.82) is 0 Å². The van der Waals surface area contributed by atoms with Crippen LogP contribution in [0.25, 0.3) is 16.6 Å². The monoisotopic (exact) mass is 371 g/mol. The van der Waals surface area contributed by atoms with E-state index in [1.165, 1.54) is 23.8 Å². The summed E-state index contributed by atoms with van der Waals surface area (Å²) in [5.74, 6) is -0.867. The SMILES string of the molecule is COCCNC(=O)Cn1c(=O)n(-c2ccc(F)cc2)c(=O)c2ccccc21. The zero-order valence-corrected chi connectivity index (χ0v) is 14.6. The Morgan fingerprint density at radius 3 is 2.52 bits per heavy atom. The Balaban J connectivity index is 2.15. The largest absolute Gasteiger partial charge is 0.383 e. The molecule has 1 aromatic heterocycles. The highest BCUT2D eigenvalue weighted by atomic mass is 19.1. The lowest BCUT2D eigenvalue weighted by Crippen LogP contribution is -2.42. The molecule has 0 aliphatic carbocycles. The number of amides is 1. The number of methoxy groups -OCH3 is 1. The fourth-order valence-electron chi connectivity index (χ4n) is 2.78. The van der Waals surface area contributed by atoms with Crippen molar-refractivity contribution >= 4 is 16.8 Å². The number of halogens is 1. The number of nitrogens with one attached hydrogen (secondary N) is 1. The third-order valence-electron chi connectivity index (χ3n) is 4.07. The minimum absolute atomic E-state index is 0.227. The molecule has 0 radical (unpaired) electrons. The van der Waals surface area contributed by atoms with E-state index in [2.05, 4.69) is 5.32 Å². The summed E-state index contributed by atoms with van der Waals surface area (Å²) in [6.07, 6.45) is 0. The van der Waals surface area contributed by atoms with Crippen molar-refractivity contribution in [3.63, 3.8) is 0 Å². The smallest absolute Gasteiger partial charge is 0.336 e. The molecule has 1 amide bonds. The number of nitrogens with zero attached hydrogens (tertiary/aromatic N) is 2. The number of carbonyl (C=O) groups is 1. The van der Waals surface area contributed by atoms with E-state index in [1.807, 2.05) is 0 Å². The standard InChI is InChI=1S/C19H18FN3O4/c1-27-11-10-21-17(24)12-22-16-5-3-2-4-15(16)18(25)23(19(22)26)14-8-6-13(20)7-9-14/h2-9H,10-12H2,1H3,(H,21,24). The third kappa shape index (κ3) is 3.80. The van der Waals surface area contributed by atoms with Gasteiger partial charge < -0.3 is 10.1 Å². The van der Waals surface area contributed by atoms with Gasteiger partial charge in [-0.25, -0.2) is 13.8 Å². The molecule has 0 saturated carbocycles. The van der Waals surface area contributed by atoms with Crippen LogP contribution in [0.15, 0.2) is 58.1 Å². The Hall–Kier alpha value is -3.26. The molecular weight excluding hydrogens is 353 g/mol. The van der Waals surface area contributed by atoms with E-state index in [0.29, 0.717) is 18.7 Å². The molecule has 2 aromatic carbocycles. The normalized spacial score (nSPS) is 10.9. The predicted octanol–water partition coefficient (Wildman–Crippen LogP) is 1.05. The molecule has 1 N–H and O–H groups in total. The fraction of sp³-hybridized carbons (Fsp3) is 0.211. The van der Waals surface area contributed by atoms with Gasteiger partial charge in [0.2, 0.25) is 5.91 Å². The Morgan fingerprint density at radius 2 is 1.81 bits per heavy atom. The molecule has 0 unspecified atom stereocenters. The summed E-state index contributed by atoms with van der Waals surface area (Å²) >= 11 is 0. The van der Waals surface area contributed by atoms with Gasteiger partial charge in [-0.15, -0.1) is 0 Å². The lowest BCUT2D eigenvalue weighted by atomic mass is 10.2. The van der Waals surface area contributed by atoms with Crippen LogP contribution in [-0.2, 0) is 16.1 Å². The van der Waals surface area contributed by atoms with E-state index in [9.17, 15) is 18.8 Å². The lowest BCUT2D eigenvalue weighted by molar-refractivity contribution is -0.121. The van der Waals surface area contributed by atoms with Crippen molar-refractivity contribution in [3.05, 3.63) is 75.2 Å². The quantitative estimate of drug-likeness (QED) is 0.657. The van der Waals surface area contributed by atoms with Crippen molar-refractivity contribution in [2.75, 3.05) is 20.3 Å². The van der Waals surface area contributed by atoms with E-state index >= 15 is 0 Å². The molecule has 0 aliphatic heterocycles. The second-order valence-electron chi connectivity index (χ2n) is 5.85. The maximum absolute atomic E-state index is 13.2. The average molecular weight is 371 g/mol. The number of fused-ring (bicyclic) bond motifs is 1. The topological polar surface area (TPSA) is 82.3 Å². The Bertz CT molecular complexity index is 1090. The van der Waals surface area contributed by atoms with Crippen LogP contribution in [0.5, 0.6) is 0 Å². The molecule has 8 heteroatoms. The van der Waals surface area contributed by atoms with Gasteiger partial charge in [-0.3, -0.25) is 14.2 Å². The Labute approximate surface area is 153 Å². The van der Waals surface area contributed by atoms with Gasteiger partial charge in [0.1, 0.15) is 12.4 Å². The molecule has 0 atom stereocenters. The van der Waals surface area contributed by atoms with Crippen LogP contribution < -0.4 is 16.6 Å². The van der Waals surface area contributed by atoms with Crippen LogP contribution in [0.2, 0.25) is 0 Å². The number of ether oxygens (including phenoxy) is 1. The van der Waals surface area contributed by atoms with Crippen LogP contribution in [0.4, 0.5) is 4.39 Å². The number of benzene rings is 2. The molecule has 27 heavy (non-hydrogen) atoms. The van der Waals surface area contributed by atoms with E-state index in [1.54, 1.807) is 24.3 Å². The summed E-state index contributed by atoms with van der Waals surface area (Å²) in [6.45, 7) is 0.390. The van der Waals surface area contributed by atoms with Gasteiger partial charge in [-0.2, -0.15) is 0 Å². The zero-order chi connectivity index (χ0) is 19.4. The number of para-hydroxylation sites is 1. The summed E-state index contributed by atoms with van der Waals surface area (Å²) in [5.41, 5.74) is -0.621. The van der Waals surface area contributed by atoms with Crippen LogP contribution >= 0.6 is 0 Å². The first-order valence-corrected chi connectivity index (χ1v) is 8.29. The van der Waals surface area contributed by atoms with Crippen LogP contribution in [0, 0.1) is 5.82 Å². The molecule has 0 saturated heterocycles. The van der Waals surface area contributed by atoms with Crippen LogP contribution in [0.3, 0.4) is 0 Å². The first kappa shape index (κ1) is 18.5. The number of hydrogen-bond acceptors (Lipinski definition) is 4. The molecule has 0 fully saturated rings. The van der Waals surface area contributed by atoms with Gasteiger partial charge in [-0.1, -0.05) is 12.1 Å². The summed E-state index contributed by atoms with van der Waals surface area (Å²) in [6, 6.07) is 11.6. The van der Waals surface area contributed by atoms with Crippen molar-refractivity contribution in [2.45, 2.75) is 6.54 Å². The molecule has 3 rings (SSSR count). The molecule has 7 nitrogen and oxygen atoms in total. The maximum atomic E-state index is 13.2. The minimum atomic E-state index is -0.674. The van der Waals surface area contributed by atoms with Crippen molar-refractivity contribution in [2.24, 2.45) is 0 Å². The molecule has 3 aromatic rings. The second-order valence-corrected chi connectivity index (χ2v) is 5.85. The number of carbonyl (C=O) groups excluding carboxylic acids is 1. The lowest BCUT2D eigenvalue weighted by Gasteiger charge is -2.14. The van der Waals surface area contributed by atoms with Gasteiger partial charge >= 0.3 is 5.69 Å². The van der Waals surface area contributed by atoms with Crippen molar-refractivity contribution in [1.82, 2.24) is 14.5 Å². The second kappa shape index (κ2) is 7.96. The highest BCUT2D eigenvalue weighted by Gasteiger charge is 2.16. The van der Waals surface area contributed by atoms with E-state index in [0.717, 1.165) is 16.7 Å². The van der Waals surface area contributed by atoms with Crippen LogP contribution in [0.1, 0.15) is 0 Å². The first-order chi connectivity index (χ1) is 13.0. The Kier molecular flexibility index (Phi) is 5.46. The molecule has 0 bridgehead atoms. The average Bonchev–Trinajstić information content (AvgIpc) is 2.67. The van der Waals surface area contributed by atoms with E-state index < -0.39 is 17.1 Å². The maximum Gasteiger partial charge on any atom is 0.336 e. The van der Waals surface area contributed by atoms with Crippen molar-refractivity contribution in [3.8, 4) is 5.69 Å². The fourth-order valence-corrected chi connectivity index (χ4v) is 2.78. The van der Waals surface area contributed by atoms with Gasteiger partial charge in [-0.05, 0) is 36.4 Å². The van der Waals surface area contributed by atoms with Gasteiger partial charge in [0.25, 0.3) is 5.56 Å². The van der Waals surface area contributed by atoms with Gasteiger partial charge in [0.15, 0.2) is 0 Å². The first-order valence-electron chi connectivity index (χ1n) is 8.29. The molecule has 1 heterocycles. The highest BCUT2D eigenvalue weighted by Crippen LogP contribution is 2.10. The Morgan fingerprint density at radius 1 is 1.11 bits per heavy atom. The predicted molar refractivity (Wildman–Crippen MR) is 98.6 cm³/mol. The van der Waals surface area contributed by atoms with Crippen LogP contribution in [-0.4, -0.2) is 35.3 Å². The molecular formula is C19H18FN3O4.